The minimum Gasteiger partial charge on any atom is -0.444 e. The van der Waals surface area contributed by atoms with E-state index in [0.717, 1.165) is 38.8 Å². The maximum Gasteiger partial charge on any atom is 0.410 e. The normalized spacial score (nSPS) is 21.1. The van der Waals surface area contributed by atoms with Gasteiger partial charge in [0.25, 0.3) is 0 Å². The summed E-state index contributed by atoms with van der Waals surface area (Å²) in [6.07, 6.45) is 3.39. The molecule has 0 spiro atoms. The largest absolute Gasteiger partial charge is 0.444 e. The molecule has 19 heavy (non-hydrogen) atoms. The number of aliphatic hydroxyl groups excluding tert-OH is 1. The van der Waals surface area contributed by atoms with Crippen LogP contribution in [0.15, 0.2) is 0 Å². The van der Waals surface area contributed by atoms with Crippen LogP contribution in [0.5, 0.6) is 0 Å². The Morgan fingerprint density at radius 3 is 2.32 bits per heavy atom. The fraction of sp³-hybridized carbons (Fsp3) is 0.933. The number of amides is 1. The maximum absolute atomic E-state index is 12.0. The summed E-state index contributed by atoms with van der Waals surface area (Å²) < 4.78 is 5.39. The number of piperidine rings is 1. The highest BCUT2D eigenvalue weighted by molar-refractivity contribution is 5.68. The molecule has 0 radical (unpaired) electrons. The Kier molecular flexibility index (Phi) is 5.25. The quantitative estimate of drug-likeness (QED) is 0.857. The minimum absolute atomic E-state index is 0.204. The molecule has 1 fully saturated rings. The molecule has 1 amide bonds. The number of hydrogen-bond acceptors (Lipinski definition) is 3. The van der Waals surface area contributed by atoms with Crippen LogP contribution in [0.4, 0.5) is 4.79 Å². The molecular weight excluding hydrogens is 242 g/mol. The molecule has 0 saturated carbocycles. The summed E-state index contributed by atoms with van der Waals surface area (Å²) in [7, 11) is 0. The Hall–Kier alpha value is -0.770. The fourth-order valence-electron chi connectivity index (χ4n) is 2.36. The number of hydrogen-bond donors (Lipinski definition) is 1. The number of aliphatic hydroxyl groups is 1. The van der Waals surface area contributed by atoms with Crippen LogP contribution in [0.25, 0.3) is 0 Å². The average Bonchev–Trinajstić information content (AvgIpc) is 2.25. The van der Waals surface area contributed by atoms with Crippen LogP contribution in [0.2, 0.25) is 0 Å². The summed E-state index contributed by atoms with van der Waals surface area (Å²) >= 11 is 0. The molecule has 1 rings (SSSR count). The third-order valence-electron chi connectivity index (χ3n) is 3.79. The van der Waals surface area contributed by atoms with E-state index >= 15 is 0 Å². The number of nitrogens with zero attached hydrogens (tertiary/aromatic N) is 1. The molecule has 1 saturated heterocycles. The topological polar surface area (TPSA) is 49.8 Å². The van der Waals surface area contributed by atoms with Crippen LogP contribution in [0.1, 0.15) is 60.3 Å². The second kappa shape index (κ2) is 6.12. The Balaban J connectivity index is 2.41. The summed E-state index contributed by atoms with van der Waals surface area (Å²) in [4.78, 5) is 13.8. The van der Waals surface area contributed by atoms with E-state index < -0.39 is 5.60 Å². The van der Waals surface area contributed by atoms with Crippen LogP contribution in [-0.2, 0) is 4.74 Å². The lowest BCUT2D eigenvalue weighted by molar-refractivity contribution is 0.00948. The summed E-state index contributed by atoms with van der Waals surface area (Å²) in [5, 5.41) is 9.38. The first-order valence-electron chi connectivity index (χ1n) is 7.27. The minimum atomic E-state index is -0.426. The van der Waals surface area contributed by atoms with Crippen molar-refractivity contribution >= 4 is 6.09 Å². The molecule has 1 N–H and O–H groups in total. The molecular formula is C15H29NO3. The van der Waals surface area contributed by atoms with Crippen molar-refractivity contribution in [2.24, 2.45) is 5.41 Å². The van der Waals surface area contributed by atoms with E-state index in [1.54, 1.807) is 4.90 Å². The third kappa shape index (κ3) is 5.81. The van der Waals surface area contributed by atoms with Gasteiger partial charge in [-0.15, -0.1) is 0 Å². The highest BCUT2D eigenvalue weighted by Gasteiger charge is 2.33. The van der Waals surface area contributed by atoms with Gasteiger partial charge >= 0.3 is 6.09 Å². The second-order valence-corrected chi connectivity index (χ2v) is 7.17. The van der Waals surface area contributed by atoms with Crippen LogP contribution in [0.3, 0.4) is 0 Å². The Bertz CT molecular complexity index is 299. The predicted molar refractivity (Wildman–Crippen MR) is 76.1 cm³/mol. The number of carbonyl (C=O) groups excluding carboxylic acids is 1. The Morgan fingerprint density at radius 2 is 1.89 bits per heavy atom. The van der Waals surface area contributed by atoms with Crippen molar-refractivity contribution in [3.63, 3.8) is 0 Å². The Morgan fingerprint density at radius 1 is 1.37 bits per heavy atom. The molecule has 0 aromatic rings. The van der Waals surface area contributed by atoms with Gasteiger partial charge in [0, 0.05) is 13.1 Å². The van der Waals surface area contributed by atoms with E-state index in [4.69, 9.17) is 4.74 Å². The fourth-order valence-corrected chi connectivity index (χ4v) is 2.36. The third-order valence-corrected chi connectivity index (χ3v) is 3.79. The lowest BCUT2D eigenvalue weighted by Crippen LogP contribution is -2.44. The van der Waals surface area contributed by atoms with Crippen molar-refractivity contribution in [1.29, 1.82) is 0 Å². The van der Waals surface area contributed by atoms with E-state index in [9.17, 15) is 9.90 Å². The SMILES string of the molecule is CC(O)CCC1(C)CCN(C(=O)OC(C)(C)C)CC1. The zero-order valence-corrected chi connectivity index (χ0v) is 13.0. The Labute approximate surface area is 117 Å². The van der Waals surface area contributed by atoms with Crippen LogP contribution in [0, 0.1) is 5.41 Å². The van der Waals surface area contributed by atoms with Crippen molar-refractivity contribution in [1.82, 2.24) is 4.90 Å². The molecule has 1 heterocycles. The number of carbonyl (C=O) groups is 1. The molecule has 1 atom stereocenters. The molecule has 1 aliphatic rings. The first-order valence-corrected chi connectivity index (χ1v) is 7.27. The van der Waals surface area contributed by atoms with Crippen LogP contribution >= 0.6 is 0 Å². The standard InChI is InChI=1S/C15H29NO3/c1-12(17)6-7-15(5)8-10-16(11-9-15)13(18)19-14(2,3)4/h12,17H,6-11H2,1-5H3. The number of rotatable bonds is 3. The van der Waals surface area contributed by atoms with Gasteiger partial charge in [-0.2, -0.15) is 0 Å². The summed E-state index contributed by atoms with van der Waals surface area (Å²) in [5.74, 6) is 0. The first kappa shape index (κ1) is 16.3. The van der Waals surface area contributed by atoms with Crippen molar-refractivity contribution in [3.05, 3.63) is 0 Å². The van der Waals surface area contributed by atoms with Gasteiger partial charge in [0.15, 0.2) is 0 Å². The van der Waals surface area contributed by atoms with Crippen LogP contribution < -0.4 is 0 Å². The number of likely N-dealkylation sites (tertiary alicyclic amines) is 1. The van der Waals surface area contributed by atoms with Gasteiger partial charge in [-0.25, -0.2) is 4.79 Å². The van der Waals surface area contributed by atoms with E-state index in [0.29, 0.717) is 0 Å². The van der Waals surface area contributed by atoms with E-state index in [1.165, 1.54) is 0 Å². The smallest absolute Gasteiger partial charge is 0.410 e. The zero-order chi connectivity index (χ0) is 14.7. The molecule has 0 aliphatic carbocycles. The maximum atomic E-state index is 12.0. The van der Waals surface area contributed by atoms with Crippen LogP contribution in [-0.4, -0.2) is 40.9 Å². The second-order valence-electron chi connectivity index (χ2n) is 7.17. The first-order chi connectivity index (χ1) is 8.61. The average molecular weight is 271 g/mol. The monoisotopic (exact) mass is 271 g/mol. The molecule has 4 heteroatoms. The summed E-state index contributed by atoms with van der Waals surface area (Å²) in [5.41, 5.74) is -0.181. The molecule has 1 aliphatic heterocycles. The summed E-state index contributed by atoms with van der Waals surface area (Å²) in [6, 6.07) is 0. The van der Waals surface area contributed by atoms with Gasteiger partial charge in [-0.05, 0) is 58.8 Å². The van der Waals surface area contributed by atoms with Gasteiger partial charge in [-0.1, -0.05) is 6.92 Å². The predicted octanol–water partition coefficient (Wildman–Crippen LogP) is 3.18. The molecule has 1 unspecified atom stereocenters. The highest BCUT2D eigenvalue weighted by Crippen LogP contribution is 2.36. The molecule has 4 nitrogen and oxygen atoms in total. The highest BCUT2D eigenvalue weighted by atomic mass is 16.6. The van der Waals surface area contributed by atoms with Gasteiger partial charge in [-0.3, -0.25) is 0 Å². The van der Waals surface area contributed by atoms with E-state index in [1.807, 2.05) is 27.7 Å². The summed E-state index contributed by atoms with van der Waals surface area (Å²) in [6.45, 7) is 11.3. The molecule has 0 aromatic carbocycles. The molecule has 0 aromatic heterocycles. The lowest BCUT2D eigenvalue weighted by Gasteiger charge is -2.40. The lowest BCUT2D eigenvalue weighted by atomic mass is 9.76. The molecule has 112 valence electrons. The van der Waals surface area contributed by atoms with Crippen molar-refractivity contribution in [2.45, 2.75) is 72.0 Å². The van der Waals surface area contributed by atoms with Gasteiger partial charge in [0.05, 0.1) is 6.10 Å². The number of ether oxygens (including phenoxy) is 1. The van der Waals surface area contributed by atoms with Gasteiger partial charge < -0.3 is 14.7 Å². The van der Waals surface area contributed by atoms with Crippen molar-refractivity contribution in [3.8, 4) is 0 Å². The van der Waals surface area contributed by atoms with Gasteiger partial charge in [0.1, 0.15) is 5.60 Å². The zero-order valence-electron chi connectivity index (χ0n) is 13.0. The van der Waals surface area contributed by atoms with Crippen molar-refractivity contribution in [2.75, 3.05) is 13.1 Å². The van der Waals surface area contributed by atoms with E-state index in [-0.39, 0.29) is 17.6 Å². The van der Waals surface area contributed by atoms with Crippen molar-refractivity contribution < 1.29 is 14.6 Å². The van der Waals surface area contributed by atoms with Gasteiger partial charge in [0.2, 0.25) is 0 Å². The van der Waals surface area contributed by atoms with E-state index in [2.05, 4.69) is 6.92 Å². The molecule has 0 bridgehead atoms.